The zero-order valence-corrected chi connectivity index (χ0v) is 15.6. The number of β-amino-alcohol motifs (C(OH)–C–C–N with tert-alkyl or cyclic N) is 1. The summed E-state index contributed by atoms with van der Waals surface area (Å²) in [4.78, 5) is 20.6. The molecule has 0 saturated carbocycles. The molecule has 3 aromatic rings. The third-order valence-corrected chi connectivity index (χ3v) is 5.76. The minimum absolute atomic E-state index is 0.186. The van der Waals surface area contributed by atoms with E-state index in [9.17, 15) is 18.7 Å². The molecule has 1 amide bonds. The van der Waals surface area contributed by atoms with Gasteiger partial charge < -0.3 is 14.9 Å². The number of carbonyl (C=O) groups is 1. The molecule has 0 unspecified atom stereocenters. The van der Waals surface area contributed by atoms with Gasteiger partial charge in [0, 0.05) is 31.4 Å². The van der Waals surface area contributed by atoms with Crippen molar-refractivity contribution in [1.29, 1.82) is 0 Å². The van der Waals surface area contributed by atoms with Gasteiger partial charge in [-0.05, 0) is 43.2 Å². The average molecular weight is 398 g/mol. The van der Waals surface area contributed by atoms with E-state index in [0.717, 1.165) is 24.6 Å². The summed E-state index contributed by atoms with van der Waals surface area (Å²) in [6, 6.07) is 6.99. The second kappa shape index (κ2) is 6.81. The predicted molar refractivity (Wildman–Crippen MR) is 103 cm³/mol. The summed E-state index contributed by atoms with van der Waals surface area (Å²) in [5, 5.41) is 9.46. The number of hydrogen-bond acceptors (Lipinski definition) is 4. The number of imidazole rings is 1. The van der Waals surface area contributed by atoms with Crippen LogP contribution >= 0.6 is 0 Å². The first-order valence-corrected chi connectivity index (χ1v) is 9.67. The van der Waals surface area contributed by atoms with Gasteiger partial charge in [0.25, 0.3) is 5.91 Å². The Kier molecular flexibility index (Phi) is 4.24. The molecule has 6 nitrogen and oxygen atoms in total. The molecular weight excluding hydrogens is 378 g/mol. The van der Waals surface area contributed by atoms with Crippen LogP contribution in [0.4, 0.5) is 14.5 Å². The van der Waals surface area contributed by atoms with Crippen LogP contribution in [0.3, 0.4) is 0 Å². The summed E-state index contributed by atoms with van der Waals surface area (Å²) in [7, 11) is 0. The Hall–Kier alpha value is -3.00. The Morgan fingerprint density at radius 1 is 1.17 bits per heavy atom. The Morgan fingerprint density at radius 2 is 2.00 bits per heavy atom. The van der Waals surface area contributed by atoms with Crippen molar-refractivity contribution in [3.63, 3.8) is 0 Å². The first-order valence-electron chi connectivity index (χ1n) is 9.67. The fourth-order valence-electron chi connectivity index (χ4n) is 4.25. The standard InChI is InChI=1S/C21H20F2N4O2/c22-13-3-5-17(23)16(8-13)18-2-1-7-26(18)14-4-6-20-24-9-19(27(20)10-14)21(29)25-11-15(28)12-25/h3-6,8-10,15,18,28H,1-2,7,11-12H2/t18-/m1/s1. The van der Waals surface area contributed by atoms with Gasteiger partial charge in [-0.15, -0.1) is 0 Å². The fraction of sp³-hybridized carbons (Fsp3) is 0.333. The number of nitrogens with zero attached hydrogens (tertiary/aromatic N) is 4. The molecule has 4 heterocycles. The van der Waals surface area contributed by atoms with Crippen LogP contribution in [0.5, 0.6) is 0 Å². The molecule has 29 heavy (non-hydrogen) atoms. The number of anilines is 1. The summed E-state index contributed by atoms with van der Waals surface area (Å²) in [6.07, 6.45) is 4.46. The van der Waals surface area contributed by atoms with Crippen molar-refractivity contribution < 1.29 is 18.7 Å². The van der Waals surface area contributed by atoms with Crippen molar-refractivity contribution in [3.05, 3.63) is 65.6 Å². The summed E-state index contributed by atoms with van der Waals surface area (Å²) in [5.74, 6) is -1.06. The van der Waals surface area contributed by atoms with Crippen molar-refractivity contribution >= 4 is 17.2 Å². The van der Waals surface area contributed by atoms with Crippen molar-refractivity contribution in [2.45, 2.75) is 25.0 Å². The predicted octanol–water partition coefficient (Wildman–Crippen LogP) is 2.77. The summed E-state index contributed by atoms with van der Waals surface area (Å²) >= 11 is 0. The highest BCUT2D eigenvalue weighted by atomic mass is 19.1. The Balaban J connectivity index is 1.50. The van der Waals surface area contributed by atoms with Crippen molar-refractivity contribution in [3.8, 4) is 0 Å². The molecule has 1 atom stereocenters. The lowest BCUT2D eigenvalue weighted by molar-refractivity contribution is 0.00543. The number of aliphatic hydroxyl groups excluding tert-OH is 1. The van der Waals surface area contributed by atoms with Crippen molar-refractivity contribution in [1.82, 2.24) is 14.3 Å². The molecule has 2 aliphatic heterocycles. The van der Waals surface area contributed by atoms with E-state index in [1.807, 2.05) is 23.2 Å². The largest absolute Gasteiger partial charge is 0.389 e. The summed E-state index contributed by atoms with van der Waals surface area (Å²) in [5.41, 5.74) is 2.21. The second-order valence-electron chi connectivity index (χ2n) is 7.64. The van der Waals surface area contributed by atoms with E-state index >= 15 is 0 Å². The maximum absolute atomic E-state index is 14.4. The van der Waals surface area contributed by atoms with Crippen molar-refractivity contribution in [2.75, 3.05) is 24.5 Å². The number of halogens is 2. The molecule has 0 aliphatic carbocycles. The first kappa shape index (κ1) is 18.1. The number of rotatable bonds is 3. The molecule has 2 saturated heterocycles. The third-order valence-electron chi connectivity index (χ3n) is 5.76. The van der Waals surface area contributed by atoms with Gasteiger partial charge >= 0.3 is 0 Å². The maximum Gasteiger partial charge on any atom is 0.272 e. The molecule has 2 fully saturated rings. The molecule has 2 aromatic heterocycles. The summed E-state index contributed by atoms with van der Waals surface area (Å²) < 4.78 is 29.8. The molecule has 8 heteroatoms. The molecule has 1 aromatic carbocycles. The molecule has 150 valence electrons. The number of aromatic nitrogens is 2. The van der Waals surface area contributed by atoms with E-state index < -0.39 is 17.7 Å². The van der Waals surface area contributed by atoms with Crippen LogP contribution in [-0.2, 0) is 0 Å². The molecule has 1 N–H and O–H groups in total. The van der Waals surface area contributed by atoms with Gasteiger partial charge in [-0.3, -0.25) is 9.20 Å². The van der Waals surface area contributed by atoms with Crippen LogP contribution in [0.15, 0.2) is 42.7 Å². The van der Waals surface area contributed by atoms with Crippen LogP contribution in [0.25, 0.3) is 5.65 Å². The van der Waals surface area contributed by atoms with E-state index in [2.05, 4.69) is 4.98 Å². The lowest BCUT2D eigenvalue weighted by Gasteiger charge is -2.35. The lowest BCUT2D eigenvalue weighted by atomic mass is 10.0. The molecule has 0 bridgehead atoms. The van der Waals surface area contributed by atoms with Crippen LogP contribution < -0.4 is 4.90 Å². The zero-order chi connectivity index (χ0) is 20.1. The SMILES string of the molecule is O=C(c1cnc2ccc(N3CCC[C@@H]3c3cc(F)ccc3F)cn12)N1CC(O)C1. The number of likely N-dealkylation sites (tertiary alicyclic amines) is 1. The van der Waals surface area contributed by atoms with Gasteiger partial charge in [0.1, 0.15) is 23.0 Å². The molecular formula is C21H20F2N4O2. The lowest BCUT2D eigenvalue weighted by Crippen LogP contribution is -2.53. The van der Waals surface area contributed by atoms with E-state index in [4.69, 9.17) is 0 Å². The normalized spacial score (nSPS) is 19.8. The van der Waals surface area contributed by atoms with Crippen LogP contribution in [-0.4, -0.2) is 51.0 Å². The van der Waals surface area contributed by atoms with Gasteiger partial charge in [0.2, 0.25) is 0 Å². The Bertz CT molecular complexity index is 1090. The van der Waals surface area contributed by atoms with E-state index in [-0.39, 0.29) is 11.9 Å². The number of hydrogen-bond donors (Lipinski definition) is 1. The second-order valence-corrected chi connectivity index (χ2v) is 7.64. The maximum atomic E-state index is 14.4. The van der Waals surface area contributed by atoms with E-state index in [1.54, 1.807) is 9.30 Å². The highest BCUT2D eigenvalue weighted by molar-refractivity contribution is 5.94. The van der Waals surface area contributed by atoms with Gasteiger partial charge in [0.05, 0.1) is 24.0 Å². The van der Waals surface area contributed by atoms with E-state index in [1.165, 1.54) is 18.3 Å². The van der Waals surface area contributed by atoms with Gasteiger partial charge in [-0.1, -0.05) is 0 Å². The van der Waals surface area contributed by atoms with Gasteiger partial charge in [0.15, 0.2) is 0 Å². The number of amides is 1. The number of benzene rings is 1. The smallest absolute Gasteiger partial charge is 0.272 e. The average Bonchev–Trinajstić information content (AvgIpc) is 3.33. The molecule has 5 rings (SSSR count). The quantitative estimate of drug-likeness (QED) is 0.737. The summed E-state index contributed by atoms with van der Waals surface area (Å²) in [6.45, 7) is 1.35. The number of fused-ring (bicyclic) bond motifs is 1. The topological polar surface area (TPSA) is 61.1 Å². The molecule has 0 radical (unpaired) electrons. The minimum atomic E-state index is -0.472. The van der Waals surface area contributed by atoms with E-state index in [0.29, 0.717) is 36.5 Å². The Morgan fingerprint density at radius 3 is 2.79 bits per heavy atom. The first-order chi connectivity index (χ1) is 14.0. The number of pyridine rings is 1. The highest BCUT2D eigenvalue weighted by Gasteiger charge is 2.32. The zero-order valence-electron chi connectivity index (χ0n) is 15.6. The fourth-order valence-corrected chi connectivity index (χ4v) is 4.25. The number of aliphatic hydroxyl groups is 1. The van der Waals surface area contributed by atoms with Crippen LogP contribution in [0, 0.1) is 11.6 Å². The Labute approximate surface area is 166 Å². The third kappa shape index (κ3) is 3.04. The van der Waals surface area contributed by atoms with Crippen molar-refractivity contribution in [2.24, 2.45) is 0 Å². The van der Waals surface area contributed by atoms with Gasteiger partial charge in [-0.2, -0.15) is 0 Å². The highest BCUT2D eigenvalue weighted by Crippen LogP contribution is 2.37. The van der Waals surface area contributed by atoms with Gasteiger partial charge in [-0.25, -0.2) is 13.8 Å². The number of carbonyl (C=O) groups excluding carboxylic acids is 1. The minimum Gasteiger partial charge on any atom is -0.389 e. The van der Waals surface area contributed by atoms with Crippen LogP contribution in [0.1, 0.15) is 34.9 Å². The van der Waals surface area contributed by atoms with Crippen LogP contribution in [0.2, 0.25) is 0 Å². The monoisotopic (exact) mass is 398 g/mol. The molecule has 2 aliphatic rings. The molecule has 0 spiro atoms.